The first-order valence-corrected chi connectivity index (χ1v) is 7.32. The minimum atomic E-state index is -0.779. The Kier molecular flexibility index (Phi) is 4.94. The molecule has 5 heteroatoms. The predicted octanol–water partition coefficient (Wildman–Crippen LogP) is 3.07. The molecule has 0 radical (unpaired) electrons. The van der Waals surface area contributed by atoms with E-state index in [0.29, 0.717) is 37.9 Å². The van der Waals surface area contributed by atoms with Crippen molar-refractivity contribution in [3.05, 3.63) is 30.1 Å². The monoisotopic (exact) mass is 293 g/mol. The van der Waals surface area contributed by atoms with Crippen molar-refractivity contribution in [1.29, 1.82) is 0 Å². The van der Waals surface area contributed by atoms with Crippen LogP contribution in [0.1, 0.15) is 32.6 Å². The van der Waals surface area contributed by atoms with E-state index in [-0.39, 0.29) is 23.6 Å². The Balaban J connectivity index is 2.06. The maximum absolute atomic E-state index is 13.3. The summed E-state index contributed by atoms with van der Waals surface area (Å²) in [6.07, 6.45) is 2.24. The number of carboxylic acids is 1. The predicted molar refractivity (Wildman–Crippen MR) is 77.5 cm³/mol. The van der Waals surface area contributed by atoms with E-state index in [1.54, 1.807) is 17.0 Å². The molecule has 1 aliphatic carbocycles. The smallest absolute Gasteiger partial charge is 0.306 e. The van der Waals surface area contributed by atoms with E-state index < -0.39 is 5.97 Å². The second-order valence-electron chi connectivity index (χ2n) is 5.45. The molecule has 0 bridgehead atoms. The van der Waals surface area contributed by atoms with Crippen molar-refractivity contribution in [3.63, 3.8) is 0 Å². The minimum Gasteiger partial charge on any atom is -0.481 e. The van der Waals surface area contributed by atoms with E-state index in [2.05, 4.69) is 0 Å². The van der Waals surface area contributed by atoms with Crippen molar-refractivity contribution < 1.29 is 19.1 Å². The number of carbonyl (C=O) groups excluding carboxylic acids is 1. The van der Waals surface area contributed by atoms with Crippen LogP contribution in [0.5, 0.6) is 0 Å². The number of aliphatic carboxylic acids is 1. The van der Waals surface area contributed by atoms with Gasteiger partial charge in [0.2, 0.25) is 5.91 Å². The van der Waals surface area contributed by atoms with Gasteiger partial charge < -0.3 is 10.0 Å². The van der Waals surface area contributed by atoms with Crippen LogP contribution in [0, 0.1) is 17.7 Å². The standard InChI is InChI=1S/C16H20FNO3/c1-2-18(14-5-3-4-13(17)10-14)15(19)11-6-8-12(9-7-11)16(20)21/h3-5,10-12H,2,6-9H2,1H3,(H,20,21). The molecular formula is C16H20FNO3. The second kappa shape index (κ2) is 6.70. The number of carboxylic acid groups (broad SMARTS) is 1. The van der Waals surface area contributed by atoms with Gasteiger partial charge in [-0.15, -0.1) is 0 Å². The van der Waals surface area contributed by atoms with Gasteiger partial charge in [-0.05, 0) is 50.8 Å². The highest BCUT2D eigenvalue weighted by Gasteiger charge is 2.32. The van der Waals surface area contributed by atoms with E-state index in [1.807, 2.05) is 6.92 Å². The van der Waals surface area contributed by atoms with E-state index in [1.165, 1.54) is 12.1 Å². The summed E-state index contributed by atoms with van der Waals surface area (Å²) < 4.78 is 13.3. The number of rotatable bonds is 4. The molecule has 0 aliphatic heterocycles. The molecule has 1 aromatic carbocycles. The molecule has 0 saturated heterocycles. The fourth-order valence-corrected chi connectivity index (χ4v) is 2.92. The zero-order chi connectivity index (χ0) is 15.4. The van der Waals surface area contributed by atoms with Crippen molar-refractivity contribution in [2.24, 2.45) is 11.8 Å². The van der Waals surface area contributed by atoms with Gasteiger partial charge in [-0.3, -0.25) is 9.59 Å². The van der Waals surface area contributed by atoms with E-state index in [4.69, 9.17) is 5.11 Å². The molecule has 0 spiro atoms. The Morgan fingerprint density at radius 3 is 2.38 bits per heavy atom. The van der Waals surface area contributed by atoms with E-state index >= 15 is 0 Å². The molecule has 0 aromatic heterocycles. The number of benzene rings is 1. The highest BCUT2D eigenvalue weighted by atomic mass is 19.1. The number of amides is 1. The summed E-state index contributed by atoms with van der Waals surface area (Å²) >= 11 is 0. The Morgan fingerprint density at radius 2 is 1.86 bits per heavy atom. The summed E-state index contributed by atoms with van der Waals surface area (Å²) in [6.45, 7) is 2.33. The number of anilines is 1. The average Bonchev–Trinajstić information content (AvgIpc) is 2.48. The summed E-state index contributed by atoms with van der Waals surface area (Å²) in [6, 6.07) is 6.00. The van der Waals surface area contributed by atoms with Gasteiger partial charge in [0.1, 0.15) is 5.82 Å². The van der Waals surface area contributed by atoms with Crippen molar-refractivity contribution in [2.45, 2.75) is 32.6 Å². The highest BCUT2D eigenvalue weighted by Crippen LogP contribution is 2.31. The number of carbonyl (C=O) groups is 2. The van der Waals surface area contributed by atoms with E-state index in [9.17, 15) is 14.0 Å². The van der Waals surface area contributed by atoms with Gasteiger partial charge in [0, 0.05) is 18.2 Å². The van der Waals surface area contributed by atoms with Gasteiger partial charge in [0.05, 0.1) is 5.92 Å². The van der Waals surface area contributed by atoms with Gasteiger partial charge in [0.25, 0.3) is 0 Å². The third-order valence-electron chi connectivity index (χ3n) is 4.13. The molecule has 1 saturated carbocycles. The molecule has 114 valence electrons. The molecule has 4 nitrogen and oxygen atoms in total. The molecule has 1 fully saturated rings. The van der Waals surface area contributed by atoms with Gasteiger partial charge in [0.15, 0.2) is 0 Å². The summed E-state index contributed by atoms with van der Waals surface area (Å²) in [5, 5.41) is 8.99. The van der Waals surface area contributed by atoms with Crippen molar-refractivity contribution in [2.75, 3.05) is 11.4 Å². The molecule has 0 unspecified atom stereocenters. The first-order chi connectivity index (χ1) is 10.0. The molecular weight excluding hydrogens is 273 g/mol. The number of hydrogen-bond acceptors (Lipinski definition) is 2. The van der Waals surface area contributed by atoms with Gasteiger partial charge >= 0.3 is 5.97 Å². The zero-order valence-electron chi connectivity index (χ0n) is 12.1. The molecule has 2 rings (SSSR count). The lowest BCUT2D eigenvalue weighted by Gasteiger charge is -2.30. The largest absolute Gasteiger partial charge is 0.481 e. The SMILES string of the molecule is CCN(C(=O)C1CCC(C(=O)O)CC1)c1cccc(F)c1. The molecule has 1 aliphatic rings. The van der Waals surface area contributed by atoms with Gasteiger partial charge in [-0.2, -0.15) is 0 Å². The Labute approximate surface area is 123 Å². The zero-order valence-corrected chi connectivity index (χ0v) is 12.1. The molecule has 0 heterocycles. The van der Waals surface area contributed by atoms with Crippen LogP contribution in [-0.4, -0.2) is 23.5 Å². The molecule has 1 N–H and O–H groups in total. The fourth-order valence-electron chi connectivity index (χ4n) is 2.92. The second-order valence-corrected chi connectivity index (χ2v) is 5.45. The van der Waals surface area contributed by atoms with E-state index in [0.717, 1.165) is 0 Å². The summed E-state index contributed by atoms with van der Waals surface area (Å²) in [5.74, 6) is -1.68. The topological polar surface area (TPSA) is 57.6 Å². The lowest BCUT2D eigenvalue weighted by atomic mass is 9.81. The third kappa shape index (κ3) is 3.60. The average molecular weight is 293 g/mol. The minimum absolute atomic E-state index is 0.0352. The molecule has 1 amide bonds. The Hall–Kier alpha value is -1.91. The number of nitrogens with zero attached hydrogens (tertiary/aromatic N) is 1. The maximum Gasteiger partial charge on any atom is 0.306 e. The maximum atomic E-state index is 13.3. The molecule has 1 aromatic rings. The van der Waals surface area contributed by atoms with Crippen molar-refractivity contribution >= 4 is 17.6 Å². The van der Waals surface area contributed by atoms with Gasteiger partial charge in [-0.25, -0.2) is 4.39 Å². The van der Waals surface area contributed by atoms with Crippen LogP contribution in [0.3, 0.4) is 0 Å². The Bertz CT molecular complexity index is 524. The van der Waals surface area contributed by atoms with Crippen LogP contribution in [0.15, 0.2) is 24.3 Å². The lowest BCUT2D eigenvalue weighted by molar-refractivity contribution is -0.144. The highest BCUT2D eigenvalue weighted by molar-refractivity contribution is 5.95. The van der Waals surface area contributed by atoms with Crippen LogP contribution in [0.4, 0.5) is 10.1 Å². The summed E-state index contributed by atoms with van der Waals surface area (Å²) in [4.78, 5) is 25.1. The quantitative estimate of drug-likeness (QED) is 0.928. The molecule has 0 atom stereocenters. The normalized spacial score (nSPS) is 21.8. The Morgan fingerprint density at radius 1 is 1.24 bits per heavy atom. The summed E-state index contributed by atoms with van der Waals surface area (Å²) in [5.41, 5.74) is 0.558. The first-order valence-electron chi connectivity index (χ1n) is 7.32. The first kappa shape index (κ1) is 15.5. The lowest BCUT2D eigenvalue weighted by Crippen LogP contribution is -2.38. The van der Waals surface area contributed by atoms with Crippen LogP contribution < -0.4 is 4.90 Å². The van der Waals surface area contributed by atoms with Crippen molar-refractivity contribution in [1.82, 2.24) is 0 Å². The molecule has 21 heavy (non-hydrogen) atoms. The van der Waals surface area contributed by atoms with Crippen LogP contribution in [-0.2, 0) is 9.59 Å². The van der Waals surface area contributed by atoms with Crippen LogP contribution in [0.25, 0.3) is 0 Å². The fraction of sp³-hybridized carbons (Fsp3) is 0.500. The van der Waals surface area contributed by atoms with Crippen LogP contribution >= 0.6 is 0 Å². The number of halogens is 1. The summed E-state index contributed by atoms with van der Waals surface area (Å²) in [7, 11) is 0. The van der Waals surface area contributed by atoms with Crippen molar-refractivity contribution in [3.8, 4) is 0 Å². The van der Waals surface area contributed by atoms with Crippen LogP contribution in [0.2, 0.25) is 0 Å². The van der Waals surface area contributed by atoms with Gasteiger partial charge in [-0.1, -0.05) is 6.07 Å². The number of hydrogen-bond donors (Lipinski definition) is 1. The third-order valence-corrected chi connectivity index (χ3v) is 4.13.